The molecule has 5 N–H and O–H groups in total. The summed E-state index contributed by atoms with van der Waals surface area (Å²) in [4.78, 5) is 0. The number of unbranched alkanes of at least 4 members (excludes halogenated alkanes) is 3. The van der Waals surface area contributed by atoms with E-state index in [0.29, 0.717) is 6.42 Å². The first-order valence-electron chi connectivity index (χ1n) is 8.91. The third-order valence-corrected chi connectivity index (χ3v) is 3.81. The molecule has 0 aliphatic carbocycles. The highest BCUT2D eigenvalue weighted by atomic mass is 15.0. The predicted molar refractivity (Wildman–Crippen MR) is 107 cm³/mol. The largest absolute Gasteiger partial charge is 0.399 e. The van der Waals surface area contributed by atoms with Gasteiger partial charge in [-0.15, -0.1) is 0 Å². The number of rotatable bonds is 14. The van der Waals surface area contributed by atoms with Crippen LogP contribution in [0, 0.1) is 11.3 Å². The fourth-order valence-electron chi connectivity index (χ4n) is 2.31. The van der Waals surface area contributed by atoms with E-state index in [1.54, 1.807) is 0 Å². The maximum atomic E-state index is 8.47. The number of hydrogen-bond acceptors (Lipinski definition) is 5. The maximum absolute atomic E-state index is 8.47. The molecule has 0 saturated carbocycles. The van der Waals surface area contributed by atoms with Crippen LogP contribution in [0.4, 0.5) is 5.69 Å². The molecule has 0 saturated heterocycles. The Kier molecular flexibility index (Phi) is 10.6. The van der Waals surface area contributed by atoms with Crippen LogP contribution in [0.15, 0.2) is 43.1 Å². The third-order valence-electron chi connectivity index (χ3n) is 3.81. The number of nitriles is 1. The van der Waals surface area contributed by atoms with E-state index < -0.39 is 0 Å². The second-order valence-corrected chi connectivity index (χ2v) is 6.06. The van der Waals surface area contributed by atoms with Crippen molar-refractivity contribution in [1.29, 1.82) is 5.26 Å². The predicted octanol–water partition coefficient (Wildman–Crippen LogP) is 3.00. The number of anilines is 1. The van der Waals surface area contributed by atoms with Gasteiger partial charge in [0, 0.05) is 43.1 Å². The molecule has 1 aromatic rings. The van der Waals surface area contributed by atoms with Gasteiger partial charge in [-0.25, -0.2) is 0 Å². The standard InChI is InChI=1S/C20H31N5/c1-17(24-14-6-4-3-5-12-21)16-23-13-7-15-25-18(2)19-8-10-20(22)11-9-19/h8-11,23-25H,1-7,13-16,22H2. The van der Waals surface area contributed by atoms with Gasteiger partial charge >= 0.3 is 0 Å². The summed E-state index contributed by atoms with van der Waals surface area (Å²) in [5.74, 6) is 0. The molecule has 0 fully saturated rings. The molecule has 0 bridgehead atoms. The molecular formula is C20H31N5. The van der Waals surface area contributed by atoms with Crippen molar-refractivity contribution in [3.05, 3.63) is 48.7 Å². The second kappa shape index (κ2) is 12.9. The van der Waals surface area contributed by atoms with Crippen molar-refractivity contribution in [3.63, 3.8) is 0 Å². The Morgan fingerprint density at radius 1 is 0.960 bits per heavy atom. The number of hydrogen-bond donors (Lipinski definition) is 4. The Morgan fingerprint density at radius 3 is 2.40 bits per heavy atom. The average molecular weight is 342 g/mol. The minimum Gasteiger partial charge on any atom is -0.399 e. The molecule has 0 aliphatic heterocycles. The van der Waals surface area contributed by atoms with Gasteiger partial charge in [0.15, 0.2) is 0 Å². The maximum Gasteiger partial charge on any atom is 0.0621 e. The lowest BCUT2D eigenvalue weighted by atomic mass is 10.1. The van der Waals surface area contributed by atoms with Gasteiger partial charge in [0.1, 0.15) is 0 Å². The van der Waals surface area contributed by atoms with Crippen molar-refractivity contribution < 1.29 is 0 Å². The lowest BCUT2D eigenvalue weighted by molar-refractivity contribution is 0.615. The quantitative estimate of drug-likeness (QED) is 0.309. The molecule has 0 radical (unpaired) electrons. The molecule has 1 aromatic carbocycles. The van der Waals surface area contributed by atoms with Gasteiger partial charge in [0.2, 0.25) is 0 Å². The summed E-state index contributed by atoms with van der Waals surface area (Å²) in [6.45, 7) is 11.6. The fourth-order valence-corrected chi connectivity index (χ4v) is 2.31. The highest BCUT2D eigenvalue weighted by molar-refractivity contribution is 5.63. The first kappa shape index (κ1) is 20.6. The van der Waals surface area contributed by atoms with Gasteiger partial charge in [-0.3, -0.25) is 0 Å². The Balaban J connectivity index is 1.97. The van der Waals surface area contributed by atoms with E-state index in [1.165, 1.54) is 0 Å². The van der Waals surface area contributed by atoms with Crippen LogP contribution >= 0.6 is 0 Å². The Bertz CT molecular complexity index is 556. The number of nitrogens with zero attached hydrogens (tertiary/aromatic N) is 1. The molecule has 0 aromatic heterocycles. The van der Waals surface area contributed by atoms with Crippen LogP contribution in [0.2, 0.25) is 0 Å². The Labute approximate surface area is 152 Å². The molecule has 5 nitrogen and oxygen atoms in total. The van der Waals surface area contributed by atoms with Gasteiger partial charge < -0.3 is 21.7 Å². The normalized spacial score (nSPS) is 10.0. The Hall–Kier alpha value is -2.45. The lowest BCUT2D eigenvalue weighted by Crippen LogP contribution is -2.27. The zero-order valence-corrected chi connectivity index (χ0v) is 15.1. The summed E-state index contributed by atoms with van der Waals surface area (Å²) < 4.78 is 0. The summed E-state index contributed by atoms with van der Waals surface area (Å²) in [5.41, 5.74) is 9.44. The summed E-state index contributed by atoms with van der Waals surface area (Å²) in [6, 6.07) is 9.87. The van der Waals surface area contributed by atoms with E-state index in [2.05, 4.69) is 35.2 Å². The summed E-state index contributed by atoms with van der Waals surface area (Å²) in [7, 11) is 0. The molecule has 0 unspecified atom stereocenters. The van der Waals surface area contributed by atoms with E-state index in [1.807, 2.05) is 24.3 Å². The van der Waals surface area contributed by atoms with Crippen molar-refractivity contribution in [2.45, 2.75) is 32.1 Å². The topological polar surface area (TPSA) is 85.9 Å². The number of benzene rings is 1. The second-order valence-electron chi connectivity index (χ2n) is 6.06. The molecular weight excluding hydrogens is 310 g/mol. The van der Waals surface area contributed by atoms with Crippen LogP contribution in [0.5, 0.6) is 0 Å². The minimum atomic E-state index is 0.654. The highest BCUT2D eigenvalue weighted by Gasteiger charge is 1.98. The zero-order valence-electron chi connectivity index (χ0n) is 15.1. The fraction of sp³-hybridized carbons (Fsp3) is 0.450. The number of nitrogen functional groups attached to an aromatic ring is 1. The summed E-state index contributed by atoms with van der Waals surface area (Å²) >= 11 is 0. The monoisotopic (exact) mass is 341 g/mol. The average Bonchev–Trinajstić information content (AvgIpc) is 2.61. The number of nitrogens with two attached hydrogens (primary N) is 1. The molecule has 0 atom stereocenters. The van der Waals surface area contributed by atoms with Gasteiger partial charge in [-0.2, -0.15) is 5.26 Å². The van der Waals surface area contributed by atoms with Crippen molar-refractivity contribution in [3.8, 4) is 6.07 Å². The van der Waals surface area contributed by atoms with Crippen LogP contribution in [-0.4, -0.2) is 26.2 Å². The van der Waals surface area contributed by atoms with Gasteiger partial charge in [0.25, 0.3) is 0 Å². The number of nitrogens with one attached hydrogen (secondary N) is 3. The van der Waals surface area contributed by atoms with Crippen molar-refractivity contribution in [2.24, 2.45) is 0 Å². The van der Waals surface area contributed by atoms with E-state index in [9.17, 15) is 0 Å². The van der Waals surface area contributed by atoms with E-state index in [4.69, 9.17) is 11.0 Å². The molecule has 0 spiro atoms. The molecule has 0 heterocycles. The van der Waals surface area contributed by atoms with Gasteiger partial charge in [-0.1, -0.05) is 31.7 Å². The van der Waals surface area contributed by atoms with Crippen LogP contribution in [-0.2, 0) is 0 Å². The van der Waals surface area contributed by atoms with Crippen molar-refractivity contribution in [1.82, 2.24) is 16.0 Å². The first-order valence-corrected chi connectivity index (χ1v) is 8.91. The molecule has 1 rings (SSSR count). The van der Waals surface area contributed by atoms with Gasteiger partial charge in [-0.05, 0) is 43.5 Å². The molecule has 136 valence electrons. The van der Waals surface area contributed by atoms with Crippen molar-refractivity contribution >= 4 is 11.4 Å². The highest BCUT2D eigenvalue weighted by Crippen LogP contribution is 2.11. The van der Waals surface area contributed by atoms with Crippen molar-refractivity contribution in [2.75, 3.05) is 31.9 Å². The van der Waals surface area contributed by atoms with Crippen LogP contribution in [0.1, 0.15) is 37.7 Å². The van der Waals surface area contributed by atoms with Crippen LogP contribution in [0.3, 0.4) is 0 Å². The van der Waals surface area contributed by atoms with E-state index >= 15 is 0 Å². The third kappa shape index (κ3) is 10.1. The van der Waals surface area contributed by atoms with Crippen LogP contribution in [0.25, 0.3) is 5.70 Å². The molecule has 5 heteroatoms. The lowest BCUT2D eigenvalue weighted by Gasteiger charge is -2.12. The molecule has 0 aliphatic rings. The smallest absolute Gasteiger partial charge is 0.0621 e. The molecule has 25 heavy (non-hydrogen) atoms. The summed E-state index contributed by atoms with van der Waals surface area (Å²) in [6.07, 6.45) is 4.82. The Morgan fingerprint density at radius 2 is 1.68 bits per heavy atom. The molecule has 0 amide bonds. The SMILES string of the molecule is C=C(CNCCCNC(=C)c1ccc(N)cc1)NCCCCCC#N. The van der Waals surface area contributed by atoms with E-state index in [0.717, 1.165) is 74.5 Å². The van der Waals surface area contributed by atoms with E-state index in [-0.39, 0.29) is 0 Å². The minimum absolute atomic E-state index is 0.654. The van der Waals surface area contributed by atoms with Crippen LogP contribution < -0.4 is 21.7 Å². The van der Waals surface area contributed by atoms with Gasteiger partial charge in [0.05, 0.1) is 6.07 Å². The summed E-state index contributed by atoms with van der Waals surface area (Å²) in [5, 5.41) is 18.5. The zero-order chi connectivity index (χ0) is 18.3. The first-order chi connectivity index (χ1) is 12.1.